The monoisotopic (exact) mass is 244 g/mol. The second kappa shape index (κ2) is 6.18. The van der Waals surface area contributed by atoms with E-state index in [4.69, 9.17) is 0 Å². The minimum atomic E-state index is -2.88. The van der Waals surface area contributed by atoms with Crippen molar-refractivity contribution in [1.82, 2.24) is 0 Å². The molecule has 0 saturated heterocycles. The summed E-state index contributed by atoms with van der Waals surface area (Å²) in [5.41, 5.74) is 0. The molecule has 1 aromatic rings. The smallest absolute Gasteiger partial charge is 0.159 e. The molecule has 0 bridgehead atoms. The quantitative estimate of drug-likeness (QED) is 0.722. The summed E-state index contributed by atoms with van der Waals surface area (Å²) < 4.78 is 23.1. The van der Waals surface area contributed by atoms with Gasteiger partial charge in [0.1, 0.15) is 5.08 Å². The van der Waals surface area contributed by atoms with Gasteiger partial charge in [-0.1, -0.05) is 31.5 Å². The van der Waals surface area contributed by atoms with Crippen molar-refractivity contribution in [2.24, 2.45) is 0 Å². The Balaban J connectivity index is 2.43. The molecule has 1 aromatic carbocycles. The van der Waals surface area contributed by atoms with E-state index in [9.17, 15) is 8.42 Å². The Hall–Kier alpha value is -0.480. The van der Waals surface area contributed by atoms with E-state index in [1.54, 1.807) is 0 Å². The highest BCUT2D eigenvalue weighted by molar-refractivity contribution is 8.12. The fourth-order valence-corrected chi connectivity index (χ4v) is 3.91. The van der Waals surface area contributed by atoms with Crippen LogP contribution in [-0.2, 0) is 9.84 Å². The first kappa shape index (κ1) is 12.6. The van der Waals surface area contributed by atoms with Crippen molar-refractivity contribution < 1.29 is 8.42 Å². The van der Waals surface area contributed by atoms with E-state index in [1.165, 1.54) is 11.8 Å². The number of unbranched alkanes of at least 4 members (excludes halogenated alkanes) is 1. The van der Waals surface area contributed by atoms with Crippen LogP contribution in [0.1, 0.15) is 19.8 Å². The number of rotatable bonds is 6. The molecule has 0 aliphatic carbocycles. The van der Waals surface area contributed by atoms with E-state index < -0.39 is 9.84 Å². The van der Waals surface area contributed by atoms with Gasteiger partial charge in [-0.05, 0) is 18.6 Å². The lowest BCUT2D eigenvalue weighted by Gasteiger charge is -2.03. The van der Waals surface area contributed by atoms with Crippen LogP contribution < -0.4 is 0 Å². The SMILES string of the molecule is CCCCS(=O)(=O)CSc1ccccc1. The predicted octanol–water partition coefficient (Wildman–Crippen LogP) is 2.95. The Morgan fingerprint density at radius 2 is 1.87 bits per heavy atom. The average molecular weight is 244 g/mol. The van der Waals surface area contributed by atoms with Crippen LogP contribution in [-0.4, -0.2) is 19.3 Å². The Bertz CT molecular complexity index is 371. The number of benzene rings is 1. The highest BCUT2D eigenvalue weighted by atomic mass is 32.3. The molecule has 15 heavy (non-hydrogen) atoms. The van der Waals surface area contributed by atoms with Gasteiger partial charge in [0.2, 0.25) is 0 Å². The third-order valence-corrected chi connectivity index (χ3v) is 5.38. The van der Waals surface area contributed by atoms with Gasteiger partial charge in [-0.3, -0.25) is 0 Å². The summed E-state index contributed by atoms with van der Waals surface area (Å²) >= 11 is 1.39. The molecule has 84 valence electrons. The topological polar surface area (TPSA) is 34.1 Å². The van der Waals surface area contributed by atoms with Gasteiger partial charge in [0.15, 0.2) is 9.84 Å². The van der Waals surface area contributed by atoms with Gasteiger partial charge in [0.05, 0.1) is 5.75 Å². The van der Waals surface area contributed by atoms with Gasteiger partial charge in [0.25, 0.3) is 0 Å². The van der Waals surface area contributed by atoms with Crippen LogP contribution in [0.25, 0.3) is 0 Å². The lowest BCUT2D eigenvalue weighted by molar-refractivity contribution is 0.597. The molecular formula is C11H16O2S2. The Morgan fingerprint density at radius 1 is 1.20 bits per heavy atom. The van der Waals surface area contributed by atoms with E-state index in [0.29, 0.717) is 5.75 Å². The predicted molar refractivity (Wildman–Crippen MR) is 65.9 cm³/mol. The van der Waals surface area contributed by atoms with Crippen molar-refractivity contribution in [2.75, 3.05) is 10.8 Å². The molecule has 0 saturated carbocycles. The van der Waals surface area contributed by atoms with E-state index in [1.807, 2.05) is 37.3 Å². The Morgan fingerprint density at radius 3 is 2.47 bits per heavy atom. The standard InChI is InChI=1S/C11H16O2S2/c1-2-3-9-15(12,13)10-14-11-7-5-4-6-8-11/h4-8H,2-3,9-10H2,1H3. The van der Waals surface area contributed by atoms with Crippen LogP contribution in [0.2, 0.25) is 0 Å². The molecule has 0 radical (unpaired) electrons. The van der Waals surface area contributed by atoms with Crippen molar-refractivity contribution in [1.29, 1.82) is 0 Å². The lowest BCUT2D eigenvalue weighted by Crippen LogP contribution is -2.08. The fourth-order valence-electron chi connectivity index (χ4n) is 1.10. The molecule has 0 unspecified atom stereocenters. The number of sulfone groups is 1. The fraction of sp³-hybridized carbons (Fsp3) is 0.455. The average Bonchev–Trinajstić information content (AvgIpc) is 2.25. The summed E-state index contributed by atoms with van der Waals surface area (Å²) in [6, 6.07) is 9.62. The highest BCUT2D eigenvalue weighted by Crippen LogP contribution is 2.19. The van der Waals surface area contributed by atoms with Crippen molar-refractivity contribution in [3.05, 3.63) is 30.3 Å². The van der Waals surface area contributed by atoms with Gasteiger partial charge < -0.3 is 0 Å². The van der Waals surface area contributed by atoms with E-state index in [-0.39, 0.29) is 5.08 Å². The molecular weight excluding hydrogens is 228 g/mol. The first-order valence-electron chi connectivity index (χ1n) is 5.02. The van der Waals surface area contributed by atoms with E-state index in [2.05, 4.69) is 0 Å². The van der Waals surface area contributed by atoms with Gasteiger partial charge in [-0.25, -0.2) is 8.42 Å². The molecule has 0 amide bonds. The summed E-state index contributed by atoms with van der Waals surface area (Å²) in [5.74, 6) is 0.309. The van der Waals surface area contributed by atoms with E-state index >= 15 is 0 Å². The first-order chi connectivity index (χ1) is 7.14. The van der Waals surface area contributed by atoms with Crippen LogP contribution in [0.15, 0.2) is 35.2 Å². The molecule has 2 nitrogen and oxygen atoms in total. The molecule has 1 rings (SSSR count). The van der Waals surface area contributed by atoms with Crippen LogP contribution in [0.3, 0.4) is 0 Å². The number of thioether (sulfide) groups is 1. The maximum absolute atomic E-state index is 11.5. The van der Waals surface area contributed by atoms with Gasteiger partial charge >= 0.3 is 0 Å². The maximum atomic E-state index is 11.5. The summed E-state index contributed by atoms with van der Waals surface area (Å²) in [6.07, 6.45) is 1.69. The molecule has 0 heterocycles. The third kappa shape index (κ3) is 5.23. The molecule has 0 aliphatic heterocycles. The molecule has 0 N–H and O–H groups in total. The zero-order valence-electron chi connectivity index (χ0n) is 8.85. The van der Waals surface area contributed by atoms with Crippen LogP contribution in [0, 0.1) is 0 Å². The Labute approximate surface area is 96.0 Å². The van der Waals surface area contributed by atoms with Crippen LogP contribution in [0.4, 0.5) is 0 Å². The number of hydrogen-bond acceptors (Lipinski definition) is 3. The third-order valence-electron chi connectivity index (χ3n) is 1.96. The normalized spacial score (nSPS) is 11.5. The van der Waals surface area contributed by atoms with Crippen molar-refractivity contribution in [3.63, 3.8) is 0 Å². The van der Waals surface area contributed by atoms with E-state index in [0.717, 1.165) is 17.7 Å². The molecule has 0 spiro atoms. The summed E-state index contributed by atoms with van der Waals surface area (Å²) in [6.45, 7) is 2.00. The zero-order valence-corrected chi connectivity index (χ0v) is 10.5. The Kier molecular flexibility index (Phi) is 5.19. The first-order valence-corrected chi connectivity index (χ1v) is 7.83. The minimum absolute atomic E-state index is 0.191. The lowest BCUT2D eigenvalue weighted by atomic mass is 10.4. The van der Waals surface area contributed by atoms with Crippen molar-refractivity contribution in [2.45, 2.75) is 24.7 Å². The molecule has 4 heteroatoms. The van der Waals surface area contributed by atoms with Crippen molar-refractivity contribution in [3.8, 4) is 0 Å². The molecule has 0 fully saturated rings. The van der Waals surface area contributed by atoms with Crippen LogP contribution >= 0.6 is 11.8 Å². The maximum Gasteiger partial charge on any atom is 0.159 e. The molecule has 0 aromatic heterocycles. The number of hydrogen-bond donors (Lipinski definition) is 0. The van der Waals surface area contributed by atoms with Crippen molar-refractivity contribution >= 4 is 21.6 Å². The van der Waals surface area contributed by atoms with Gasteiger partial charge in [-0.15, -0.1) is 11.8 Å². The minimum Gasteiger partial charge on any atom is -0.228 e. The van der Waals surface area contributed by atoms with Gasteiger partial charge in [-0.2, -0.15) is 0 Å². The summed E-state index contributed by atoms with van der Waals surface area (Å²) in [7, 11) is -2.88. The molecule has 0 atom stereocenters. The van der Waals surface area contributed by atoms with Crippen LogP contribution in [0.5, 0.6) is 0 Å². The summed E-state index contributed by atoms with van der Waals surface area (Å²) in [4.78, 5) is 1.01. The summed E-state index contributed by atoms with van der Waals surface area (Å²) in [5, 5.41) is 0.191. The second-order valence-electron chi connectivity index (χ2n) is 3.38. The van der Waals surface area contributed by atoms with Gasteiger partial charge in [0, 0.05) is 4.90 Å². The largest absolute Gasteiger partial charge is 0.228 e. The molecule has 0 aliphatic rings. The highest BCUT2D eigenvalue weighted by Gasteiger charge is 2.10. The second-order valence-corrected chi connectivity index (χ2v) is 6.97. The zero-order chi connectivity index (χ0) is 11.1.